The van der Waals surface area contributed by atoms with Gasteiger partial charge in [-0.25, -0.2) is 9.37 Å². The Morgan fingerprint density at radius 1 is 1.16 bits per heavy atom. The molecule has 0 bridgehead atoms. The highest BCUT2D eigenvalue weighted by Crippen LogP contribution is 2.32. The number of aryl methyl sites for hydroxylation is 1. The first kappa shape index (κ1) is 26.1. The normalized spacial score (nSPS) is 13.6. The fraction of sp³-hybridized carbons (Fsp3) is 0.296. The topological polar surface area (TPSA) is 67.4 Å². The zero-order valence-electron chi connectivity index (χ0n) is 20.2. The largest absolute Gasteiger partial charge is 0.394 e. The molecule has 0 saturated carbocycles. The second-order valence-electron chi connectivity index (χ2n) is 8.50. The van der Waals surface area contributed by atoms with Gasteiger partial charge >= 0.3 is 6.18 Å². The summed E-state index contributed by atoms with van der Waals surface area (Å²) in [6, 6.07) is 7.03. The van der Waals surface area contributed by atoms with Gasteiger partial charge in [0.05, 0.1) is 36.7 Å². The third kappa shape index (κ3) is 6.43. The second-order valence-corrected chi connectivity index (χ2v) is 8.50. The van der Waals surface area contributed by atoms with Crippen molar-refractivity contribution in [3.8, 4) is 23.0 Å². The highest BCUT2D eigenvalue weighted by Gasteiger charge is 2.28. The quantitative estimate of drug-likeness (QED) is 0.378. The molecule has 0 aliphatic carbocycles. The third-order valence-corrected chi connectivity index (χ3v) is 5.80. The van der Waals surface area contributed by atoms with Crippen LogP contribution in [-0.4, -0.2) is 48.4 Å². The van der Waals surface area contributed by atoms with E-state index in [1.807, 2.05) is 6.07 Å². The minimum atomic E-state index is -4.47. The van der Waals surface area contributed by atoms with E-state index >= 15 is 0 Å². The SMILES string of the molecule is CC#Cc1ncc(-c2cc(NC(=O)c3ccnc(CC(F)(F)F)c3)c(F)cc2C)cc1N1CCOCC1. The molecule has 10 heteroatoms. The van der Waals surface area contributed by atoms with E-state index in [9.17, 15) is 22.4 Å². The van der Waals surface area contributed by atoms with E-state index in [1.54, 1.807) is 20.0 Å². The molecule has 1 saturated heterocycles. The number of rotatable bonds is 5. The number of nitrogens with zero attached hydrogens (tertiary/aromatic N) is 3. The van der Waals surface area contributed by atoms with Crippen LogP contribution in [0.5, 0.6) is 0 Å². The number of nitrogens with one attached hydrogen (secondary N) is 1. The van der Waals surface area contributed by atoms with Gasteiger partial charge in [0.2, 0.25) is 0 Å². The van der Waals surface area contributed by atoms with E-state index in [1.165, 1.54) is 18.2 Å². The van der Waals surface area contributed by atoms with E-state index in [0.717, 1.165) is 18.0 Å². The van der Waals surface area contributed by atoms with Crippen LogP contribution in [0.4, 0.5) is 28.9 Å². The molecule has 1 fully saturated rings. The van der Waals surface area contributed by atoms with Crippen molar-refractivity contribution >= 4 is 17.3 Å². The van der Waals surface area contributed by atoms with Gasteiger partial charge in [-0.2, -0.15) is 13.2 Å². The minimum Gasteiger partial charge on any atom is -0.378 e. The number of hydrogen-bond acceptors (Lipinski definition) is 5. The van der Waals surface area contributed by atoms with Crippen LogP contribution in [-0.2, 0) is 11.2 Å². The molecular formula is C27H24F4N4O2. The number of carbonyl (C=O) groups excluding carboxylic acids is 1. The number of halogens is 4. The number of ether oxygens (including phenoxy) is 1. The Morgan fingerprint density at radius 2 is 1.92 bits per heavy atom. The monoisotopic (exact) mass is 512 g/mol. The Hall–Kier alpha value is -3.97. The molecule has 0 unspecified atom stereocenters. The Kier molecular flexibility index (Phi) is 7.74. The first-order valence-corrected chi connectivity index (χ1v) is 11.5. The molecule has 1 aromatic carbocycles. The van der Waals surface area contributed by atoms with Gasteiger partial charge in [0.1, 0.15) is 11.5 Å². The Balaban J connectivity index is 1.66. The zero-order chi connectivity index (χ0) is 26.6. The van der Waals surface area contributed by atoms with E-state index in [2.05, 4.69) is 32.0 Å². The van der Waals surface area contributed by atoms with E-state index < -0.39 is 24.3 Å². The number of morpholine rings is 1. The number of alkyl halides is 3. The maximum absolute atomic E-state index is 14.8. The summed E-state index contributed by atoms with van der Waals surface area (Å²) < 4.78 is 58.4. The van der Waals surface area contributed by atoms with Gasteiger partial charge in [-0.05, 0) is 61.2 Å². The molecular weight excluding hydrogens is 488 g/mol. The van der Waals surface area contributed by atoms with Gasteiger partial charge < -0.3 is 15.0 Å². The number of amides is 1. The molecule has 1 aliphatic heterocycles. The molecule has 0 radical (unpaired) electrons. The molecule has 0 spiro atoms. The number of hydrogen-bond donors (Lipinski definition) is 1. The number of pyridine rings is 2. The van der Waals surface area contributed by atoms with Gasteiger partial charge in [-0.1, -0.05) is 5.92 Å². The standard InChI is InChI=1S/C27H24F4N4O2/c1-3-4-23-25(35-7-9-37-10-8-35)13-19(16-33-23)21-14-24(22(28)11-17(21)2)34-26(36)18-5-6-32-20(12-18)15-27(29,30)31/h5-6,11-14,16H,7-10,15H2,1-2H3,(H,34,36). The molecule has 1 aliphatic rings. The van der Waals surface area contributed by atoms with Crippen molar-refractivity contribution in [2.24, 2.45) is 0 Å². The van der Waals surface area contributed by atoms with Crippen molar-refractivity contribution in [3.05, 3.63) is 71.1 Å². The second kappa shape index (κ2) is 11.0. The maximum atomic E-state index is 14.8. The average molecular weight is 513 g/mol. The Labute approximate surface area is 211 Å². The fourth-order valence-electron chi connectivity index (χ4n) is 4.06. The van der Waals surface area contributed by atoms with E-state index in [4.69, 9.17) is 4.74 Å². The Bertz CT molecular complexity index is 1370. The van der Waals surface area contributed by atoms with Crippen LogP contribution in [0.25, 0.3) is 11.1 Å². The maximum Gasteiger partial charge on any atom is 0.394 e. The molecule has 192 valence electrons. The van der Waals surface area contributed by atoms with Crippen LogP contribution in [0.15, 0.2) is 42.7 Å². The average Bonchev–Trinajstić information content (AvgIpc) is 2.86. The van der Waals surface area contributed by atoms with Gasteiger partial charge in [-0.3, -0.25) is 9.78 Å². The first-order chi connectivity index (χ1) is 17.6. The predicted octanol–water partition coefficient (Wildman–Crippen LogP) is 5.16. The van der Waals surface area contributed by atoms with Crippen LogP contribution in [0.2, 0.25) is 0 Å². The molecule has 3 aromatic rings. The van der Waals surface area contributed by atoms with Crippen LogP contribution in [0.3, 0.4) is 0 Å². The van der Waals surface area contributed by atoms with Crippen molar-refractivity contribution in [1.82, 2.24) is 9.97 Å². The highest BCUT2D eigenvalue weighted by atomic mass is 19.4. The van der Waals surface area contributed by atoms with Crippen molar-refractivity contribution in [2.45, 2.75) is 26.4 Å². The van der Waals surface area contributed by atoms with Gasteiger partial charge in [0.15, 0.2) is 0 Å². The molecule has 37 heavy (non-hydrogen) atoms. The van der Waals surface area contributed by atoms with Crippen molar-refractivity contribution < 1.29 is 27.1 Å². The summed E-state index contributed by atoms with van der Waals surface area (Å²) in [5.41, 5.74) is 2.94. The molecule has 1 amide bonds. The molecule has 2 aromatic heterocycles. The van der Waals surface area contributed by atoms with Crippen LogP contribution in [0, 0.1) is 24.6 Å². The van der Waals surface area contributed by atoms with Crippen LogP contribution >= 0.6 is 0 Å². The van der Waals surface area contributed by atoms with Crippen LogP contribution in [0.1, 0.15) is 34.2 Å². The van der Waals surface area contributed by atoms with Gasteiger partial charge in [0.25, 0.3) is 5.91 Å². The lowest BCUT2D eigenvalue weighted by atomic mass is 9.99. The summed E-state index contributed by atoms with van der Waals surface area (Å²) in [5.74, 6) is 4.46. The summed E-state index contributed by atoms with van der Waals surface area (Å²) in [6.45, 7) is 5.98. The lowest BCUT2D eigenvalue weighted by Crippen LogP contribution is -2.36. The third-order valence-electron chi connectivity index (χ3n) is 5.80. The lowest BCUT2D eigenvalue weighted by molar-refractivity contribution is -0.127. The smallest absolute Gasteiger partial charge is 0.378 e. The number of aromatic nitrogens is 2. The summed E-state index contributed by atoms with van der Waals surface area (Å²) in [7, 11) is 0. The summed E-state index contributed by atoms with van der Waals surface area (Å²) in [5, 5.41) is 2.47. The molecule has 1 N–H and O–H groups in total. The number of benzene rings is 1. The first-order valence-electron chi connectivity index (χ1n) is 11.5. The highest BCUT2D eigenvalue weighted by molar-refractivity contribution is 6.04. The van der Waals surface area contributed by atoms with Crippen molar-refractivity contribution in [2.75, 3.05) is 36.5 Å². The molecule has 0 atom stereocenters. The molecule has 3 heterocycles. The summed E-state index contributed by atoms with van der Waals surface area (Å²) in [4.78, 5) is 23.1. The van der Waals surface area contributed by atoms with E-state index in [-0.39, 0.29) is 16.9 Å². The van der Waals surface area contributed by atoms with Crippen molar-refractivity contribution in [1.29, 1.82) is 0 Å². The summed E-state index contributed by atoms with van der Waals surface area (Å²) in [6.07, 6.45) is -2.98. The molecule has 6 nitrogen and oxygen atoms in total. The minimum absolute atomic E-state index is 0.0606. The Morgan fingerprint density at radius 3 is 2.62 bits per heavy atom. The van der Waals surface area contributed by atoms with Gasteiger partial charge in [-0.15, -0.1) is 0 Å². The summed E-state index contributed by atoms with van der Waals surface area (Å²) >= 11 is 0. The fourth-order valence-corrected chi connectivity index (χ4v) is 4.06. The van der Waals surface area contributed by atoms with E-state index in [0.29, 0.717) is 48.7 Å². The van der Waals surface area contributed by atoms with Crippen molar-refractivity contribution in [3.63, 3.8) is 0 Å². The number of anilines is 2. The van der Waals surface area contributed by atoms with Crippen LogP contribution < -0.4 is 10.2 Å². The zero-order valence-corrected chi connectivity index (χ0v) is 20.2. The molecule has 4 rings (SSSR count). The predicted molar refractivity (Wildman–Crippen MR) is 132 cm³/mol. The lowest BCUT2D eigenvalue weighted by Gasteiger charge is -2.29. The number of carbonyl (C=O) groups is 1. The van der Waals surface area contributed by atoms with Gasteiger partial charge in [0, 0.05) is 36.6 Å².